The highest BCUT2D eigenvalue weighted by Gasteiger charge is 2.44. The van der Waals surface area contributed by atoms with E-state index in [0.717, 1.165) is 50.4 Å². The first-order chi connectivity index (χ1) is 11.3. The van der Waals surface area contributed by atoms with Gasteiger partial charge in [0.05, 0.1) is 11.4 Å². The zero-order valence-corrected chi connectivity index (χ0v) is 15.4. The molecule has 2 heterocycles. The van der Waals surface area contributed by atoms with E-state index in [9.17, 15) is 4.79 Å². The molecular formula is C19H30N4O. The highest BCUT2D eigenvalue weighted by molar-refractivity contribution is 6.06. The second kappa shape index (κ2) is 6.37. The topological polar surface area (TPSA) is 47.6 Å². The molecule has 1 saturated heterocycles. The molecule has 1 aromatic carbocycles. The van der Waals surface area contributed by atoms with Crippen LogP contribution in [0.15, 0.2) is 24.3 Å². The molecule has 0 bridgehead atoms. The number of rotatable bonds is 4. The molecule has 0 radical (unpaired) electrons. The van der Waals surface area contributed by atoms with E-state index < -0.39 is 5.54 Å². The third-order valence-electron chi connectivity index (χ3n) is 5.09. The van der Waals surface area contributed by atoms with Gasteiger partial charge in [-0.3, -0.25) is 4.79 Å². The Kier molecular flexibility index (Phi) is 4.58. The van der Waals surface area contributed by atoms with Crippen LogP contribution in [0.2, 0.25) is 0 Å². The second-order valence-electron chi connectivity index (χ2n) is 8.38. The number of piperidine rings is 1. The minimum atomic E-state index is -0.448. The molecule has 1 aromatic rings. The summed E-state index contributed by atoms with van der Waals surface area (Å²) in [5.74, 6) is 0.119. The van der Waals surface area contributed by atoms with Crippen LogP contribution in [0, 0.1) is 5.41 Å². The van der Waals surface area contributed by atoms with Gasteiger partial charge < -0.3 is 20.4 Å². The number of hydrogen-bond donors (Lipinski definition) is 2. The average Bonchev–Trinajstić information content (AvgIpc) is 2.49. The van der Waals surface area contributed by atoms with Gasteiger partial charge in [0.15, 0.2) is 0 Å². The van der Waals surface area contributed by atoms with Crippen molar-refractivity contribution in [1.82, 2.24) is 9.80 Å². The lowest BCUT2D eigenvalue weighted by Gasteiger charge is -2.46. The number of anilines is 2. The maximum absolute atomic E-state index is 12.7. The van der Waals surface area contributed by atoms with E-state index >= 15 is 0 Å². The van der Waals surface area contributed by atoms with E-state index in [2.05, 4.69) is 48.4 Å². The number of benzene rings is 1. The summed E-state index contributed by atoms with van der Waals surface area (Å²) >= 11 is 0. The number of carbonyl (C=O) groups is 1. The van der Waals surface area contributed by atoms with Crippen LogP contribution in [-0.2, 0) is 4.79 Å². The maximum atomic E-state index is 12.7. The van der Waals surface area contributed by atoms with Crippen molar-refractivity contribution in [3.05, 3.63) is 24.3 Å². The van der Waals surface area contributed by atoms with Crippen molar-refractivity contribution in [3.8, 4) is 0 Å². The summed E-state index contributed by atoms with van der Waals surface area (Å²) in [5.41, 5.74) is 1.74. The summed E-state index contributed by atoms with van der Waals surface area (Å²) in [6, 6.07) is 7.96. The Morgan fingerprint density at radius 2 is 1.79 bits per heavy atom. The number of carbonyl (C=O) groups excluding carboxylic acids is 1. The zero-order chi connectivity index (χ0) is 17.4. The Morgan fingerprint density at radius 1 is 1.17 bits per heavy atom. The Hall–Kier alpha value is -1.59. The largest absolute Gasteiger partial charge is 0.369 e. The van der Waals surface area contributed by atoms with E-state index in [1.54, 1.807) is 0 Å². The van der Waals surface area contributed by atoms with Gasteiger partial charge in [0.1, 0.15) is 5.54 Å². The lowest BCUT2D eigenvalue weighted by Crippen LogP contribution is -2.59. The predicted octanol–water partition coefficient (Wildman–Crippen LogP) is 2.47. The number of nitrogens with zero attached hydrogens (tertiary/aromatic N) is 2. The van der Waals surface area contributed by atoms with Gasteiger partial charge in [0.25, 0.3) is 0 Å². The molecule has 24 heavy (non-hydrogen) atoms. The van der Waals surface area contributed by atoms with Crippen molar-refractivity contribution < 1.29 is 4.79 Å². The van der Waals surface area contributed by atoms with Crippen molar-refractivity contribution in [2.75, 3.05) is 50.9 Å². The number of fused-ring (bicyclic) bond motifs is 1. The van der Waals surface area contributed by atoms with Crippen molar-refractivity contribution in [1.29, 1.82) is 0 Å². The molecule has 132 valence electrons. The van der Waals surface area contributed by atoms with Gasteiger partial charge in [-0.15, -0.1) is 0 Å². The van der Waals surface area contributed by atoms with Gasteiger partial charge in [0.2, 0.25) is 5.91 Å². The molecule has 3 rings (SSSR count). The highest BCUT2D eigenvalue weighted by Crippen LogP contribution is 2.36. The van der Waals surface area contributed by atoms with Crippen LogP contribution in [0.25, 0.3) is 0 Å². The predicted molar refractivity (Wildman–Crippen MR) is 99.4 cm³/mol. The van der Waals surface area contributed by atoms with Gasteiger partial charge in [0, 0.05) is 26.2 Å². The molecule has 2 aliphatic rings. The fourth-order valence-electron chi connectivity index (χ4n) is 4.21. The highest BCUT2D eigenvalue weighted by atomic mass is 16.2. The fraction of sp³-hybridized carbons (Fsp3) is 0.632. The van der Waals surface area contributed by atoms with E-state index in [4.69, 9.17) is 0 Å². The van der Waals surface area contributed by atoms with Crippen molar-refractivity contribution in [2.24, 2.45) is 5.41 Å². The monoisotopic (exact) mass is 330 g/mol. The molecule has 5 nitrogen and oxygen atoms in total. The van der Waals surface area contributed by atoms with Crippen LogP contribution in [0.5, 0.6) is 0 Å². The number of amides is 1. The van der Waals surface area contributed by atoms with Crippen LogP contribution in [-0.4, -0.2) is 61.5 Å². The minimum absolute atomic E-state index is 0.119. The molecule has 2 N–H and O–H groups in total. The van der Waals surface area contributed by atoms with Crippen molar-refractivity contribution >= 4 is 17.3 Å². The maximum Gasteiger partial charge on any atom is 0.250 e. The third-order valence-corrected chi connectivity index (χ3v) is 5.09. The first kappa shape index (κ1) is 17.2. The quantitative estimate of drug-likeness (QED) is 0.890. The first-order valence-electron chi connectivity index (χ1n) is 8.86. The summed E-state index contributed by atoms with van der Waals surface area (Å²) in [4.78, 5) is 17.4. The Labute approximate surface area is 145 Å². The van der Waals surface area contributed by atoms with Crippen molar-refractivity contribution in [3.63, 3.8) is 0 Å². The number of hydrogen-bond acceptors (Lipinski definition) is 4. The second-order valence-corrected chi connectivity index (χ2v) is 8.38. The molecule has 5 heteroatoms. The number of para-hydroxylation sites is 2. The van der Waals surface area contributed by atoms with Crippen LogP contribution >= 0.6 is 0 Å². The Balaban J connectivity index is 1.64. The molecule has 0 saturated carbocycles. The minimum Gasteiger partial charge on any atom is -0.369 e. The van der Waals surface area contributed by atoms with E-state index in [0.29, 0.717) is 0 Å². The summed E-state index contributed by atoms with van der Waals surface area (Å²) in [7, 11) is 4.25. The smallest absolute Gasteiger partial charge is 0.250 e. The molecule has 1 fully saturated rings. The molecular weight excluding hydrogens is 300 g/mol. The number of likely N-dealkylation sites (tertiary alicyclic amines) is 1. The van der Waals surface area contributed by atoms with Crippen molar-refractivity contribution in [2.45, 2.75) is 32.2 Å². The summed E-state index contributed by atoms with van der Waals surface area (Å²) in [6.07, 6.45) is 1.70. The van der Waals surface area contributed by atoms with Gasteiger partial charge in [-0.25, -0.2) is 0 Å². The average molecular weight is 330 g/mol. The van der Waals surface area contributed by atoms with Gasteiger partial charge in [-0.05, 0) is 44.5 Å². The molecule has 0 aromatic heterocycles. The number of nitrogens with one attached hydrogen (secondary N) is 2. The standard InChI is InChI=1S/C19H30N4O/c1-18(2,13-22(3)4)14-23-11-9-19(10-12-23)17(24)20-15-7-5-6-8-16(15)21-19/h5-8,21H,9-14H2,1-4H3,(H,20,24). The summed E-state index contributed by atoms with van der Waals surface area (Å²) < 4.78 is 0. The molecule has 0 aliphatic carbocycles. The van der Waals surface area contributed by atoms with E-state index in [1.165, 1.54) is 0 Å². The van der Waals surface area contributed by atoms with Crippen LogP contribution in [0.3, 0.4) is 0 Å². The van der Waals surface area contributed by atoms with Crippen LogP contribution in [0.1, 0.15) is 26.7 Å². The SMILES string of the molecule is CN(C)CC(C)(C)CN1CCC2(CC1)Nc1ccccc1NC2=O. The van der Waals surface area contributed by atoms with E-state index in [-0.39, 0.29) is 11.3 Å². The van der Waals surface area contributed by atoms with Gasteiger partial charge in [-0.1, -0.05) is 26.0 Å². The van der Waals surface area contributed by atoms with Gasteiger partial charge in [-0.2, -0.15) is 0 Å². The molecule has 1 amide bonds. The van der Waals surface area contributed by atoms with Gasteiger partial charge >= 0.3 is 0 Å². The molecule has 0 unspecified atom stereocenters. The lowest BCUT2D eigenvalue weighted by molar-refractivity contribution is -0.122. The first-order valence-corrected chi connectivity index (χ1v) is 8.86. The molecule has 1 spiro atoms. The summed E-state index contributed by atoms with van der Waals surface area (Å²) in [5, 5.41) is 6.61. The third kappa shape index (κ3) is 3.57. The lowest BCUT2D eigenvalue weighted by atomic mass is 9.83. The zero-order valence-electron chi connectivity index (χ0n) is 15.4. The molecule has 0 atom stereocenters. The Morgan fingerprint density at radius 3 is 2.42 bits per heavy atom. The Bertz CT molecular complexity index is 603. The van der Waals surface area contributed by atoms with Crippen LogP contribution < -0.4 is 10.6 Å². The fourth-order valence-corrected chi connectivity index (χ4v) is 4.21. The normalized spacial score (nSPS) is 20.6. The van der Waals surface area contributed by atoms with E-state index in [1.807, 2.05) is 24.3 Å². The van der Waals surface area contributed by atoms with Crippen LogP contribution in [0.4, 0.5) is 11.4 Å². The summed E-state index contributed by atoms with van der Waals surface area (Å²) in [6.45, 7) is 8.69. The molecule has 2 aliphatic heterocycles.